The number of alkyl halides is 2. The quantitative estimate of drug-likeness (QED) is 0.768. The molecule has 17 heavy (non-hydrogen) atoms. The molecule has 0 spiro atoms. The Labute approximate surface area is 106 Å². The van der Waals surface area contributed by atoms with Crippen molar-refractivity contribution in [3.05, 3.63) is 0 Å². The first kappa shape index (κ1) is 16.4. The van der Waals surface area contributed by atoms with Crippen molar-refractivity contribution in [2.45, 2.75) is 57.2 Å². The molecule has 0 aromatic rings. The van der Waals surface area contributed by atoms with Gasteiger partial charge in [0.05, 0.1) is 6.04 Å². The Bertz CT molecular complexity index is 282. The average Bonchev–Trinajstić information content (AvgIpc) is 2.19. The van der Waals surface area contributed by atoms with Crippen molar-refractivity contribution in [1.82, 2.24) is 5.32 Å². The number of rotatable bonds is 1. The largest absolute Gasteiger partial charge is 0.444 e. The number of halogens is 3. The lowest BCUT2D eigenvalue weighted by molar-refractivity contribution is 0.00532. The number of nitrogens with two attached hydrogens (primary N) is 1. The lowest BCUT2D eigenvalue weighted by atomic mass is 10.2. The van der Waals surface area contributed by atoms with Crippen LogP contribution < -0.4 is 11.1 Å². The van der Waals surface area contributed by atoms with Gasteiger partial charge in [-0.25, -0.2) is 13.6 Å². The molecular formula is C10H19ClF2N2O2. The molecule has 1 fully saturated rings. The van der Waals surface area contributed by atoms with Gasteiger partial charge in [-0.2, -0.15) is 0 Å². The second-order valence-electron chi connectivity index (χ2n) is 5.18. The fourth-order valence-corrected chi connectivity index (χ4v) is 1.66. The van der Waals surface area contributed by atoms with E-state index in [1.807, 2.05) is 0 Å². The van der Waals surface area contributed by atoms with Crippen LogP contribution in [-0.4, -0.2) is 29.7 Å². The van der Waals surface area contributed by atoms with Crippen LogP contribution >= 0.6 is 12.4 Å². The van der Waals surface area contributed by atoms with Gasteiger partial charge in [-0.1, -0.05) is 0 Å². The highest BCUT2D eigenvalue weighted by molar-refractivity contribution is 5.85. The van der Waals surface area contributed by atoms with E-state index >= 15 is 0 Å². The van der Waals surface area contributed by atoms with Gasteiger partial charge in [-0.05, 0) is 20.8 Å². The lowest BCUT2D eigenvalue weighted by Crippen LogP contribution is -2.45. The first-order valence-corrected chi connectivity index (χ1v) is 5.22. The van der Waals surface area contributed by atoms with Gasteiger partial charge in [0, 0.05) is 18.9 Å². The van der Waals surface area contributed by atoms with E-state index in [2.05, 4.69) is 5.32 Å². The van der Waals surface area contributed by atoms with E-state index in [1.54, 1.807) is 20.8 Å². The Morgan fingerprint density at radius 3 is 2.29 bits per heavy atom. The van der Waals surface area contributed by atoms with Crippen molar-refractivity contribution in [1.29, 1.82) is 0 Å². The molecule has 1 saturated carbocycles. The van der Waals surface area contributed by atoms with Crippen LogP contribution in [0, 0.1) is 0 Å². The van der Waals surface area contributed by atoms with Crippen molar-refractivity contribution in [2.24, 2.45) is 5.73 Å². The maximum atomic E-state index is 13.0. The maximum absolute atomic E-state index is 13.0. The minimum absolute atomic E-state index is 0. The molecule has 0 unspecified atom stereocenters. The van der Waals surface area contributed by atoms with E-state index in [0.29, 0.717) is 0 Å². The molecule has 4 nitrogen and oxygen atoms in total. The van der Waals surface area contributed by atoms with Gasteiger partial charge >= 0.3 is 6.09 Å². The molecule has 0 bridgehead atoms. The number of amides is 1. The monoisotopic (exact) mass is 272 g/mol. The molecule has 3 N–H and O–H groups in total. The molecule has 7 heteroatoms. The molecule has 0 aromatic carbocycles. The summed E-state index contributed by atoms with van der Waals surface area (Å²) in [4.78, 5) is 11.3. The minimum Gasteiger partial charge on any atom is -0.444 e. The molecule has 0 aliphatic heterocycles. The zero-order chi connectivity index (χ0) is 12.6. The highest BCUT2D eigenvalue weighted by Gasteiger charge is 2.45. The predicted molar refractivity (Wildman–Crippen MR) is 62.6 cm³/mol. The van der Waals surface area contributed by atoms with Crippen LogP contribution in [0.25, 0.3) is 0 Å². The second-order valence-corrected chi connectivity index (χ2v) is 5.18. The van der Waals surface area contributed by atoms with Crippen LogP contribution in [0.4, 0.5) is 13.6 Å². The number of hydrogen-bond donors (Lipinski definition) is 2. The molecule has 0 saturated heterocycles. The molecule has 0 radical (unpaired) electrons. The topological polar surface area (TPSA) is 64.3 Å². The SMILES string of the molecule is CC(C)(C)OC(=O)N[C@@H]1CC(F)(F)C[C@H]1N.Cl. The molecule has 1 aliphatic carbocycles. The van der Waals surface area contributed by atoms with E-state index in [1.165, 1.54) is 0 Å². The highest BCUT2D eigenvalue weighted by Crippen LogP contribution is 2.34. The van der Waals surface area contributed by atoms with Crippen molar-refractivity contribution in [3.8, 4) is 0 Å². The lowest BCUT2D eigenvalue weighted by Gasteiger charge is -2.23. The zero-order valence-electron chi connectivity index (χ0n) is 10.1. The van der Waals surface area contributed by atoms with Gasteiger partial charge in [0.1, 0.15) is 5.60 Å². The first-order valence-electron chi connectivity index (χ1n) is 5.22. The summed E-state index contributed by atoms with van der Waals surface area (Å²) in [6.07, 6.45) is -1.52. The fraction of sp³-hybridized carbons (Fsp3) is 0.900. The van der Waals surface area contributed by atoms with Crippen LogP contribution in [0.15, 0.2) is 0 Å². The Morgan fingerprint density at radius 2 is 1.94 bits per heavy atom. The van der Waals surface area contributed by atoms with Gasteiger partial charge in [-0.15, -0.1) is 12.4 Å². The van der Waals surface area contributed by atoms with Crippen molar-refractivity contribution in [3.63, 3.8) is 0 Å². The Morgan fingerprint density at radius 1 is 1.41 bits per heavy atom. The molecule has 102 valence electrons. The van der Waals surface area contributed by atoms with E-state index in [4.69, 9.17) is 10.5 Å². The highest BCUT2D eigenvalue weighted by atomic mass is 35.5. The molecule has 0 heterocycles. The van der Waals surface area contributed by atoms with Crippen LogP contribution in [0.5, 0.6) is 0 Å². The number of nitrogens with one attached hydrogen (secondary N) is 1. The Balaban J connectivity index is 0.00000256. The normalized spacial score (nSPS) is 27.2. The van der Waals surface area contributed by atoms with Crippen LogP contribution in [-0.2, 0) is 4.74 Å². The number of hydrogen-bond acceptors (Lipinski definition) is 3. The predicted octanol–water partition coefficient (Wildman–Crippen LogP) is 2.06. The summed E-state index contributed by atoms with van der Waals surface area (Å²) in [6.45, 7) is 5.11. The van der Waals surface area contributed by atoms with Crippen LogP contribution in [0.2, 0.25) is 0 Å². The molecule has 1 amide bonds. The van der Waals surface area contributed by atoms with Crippen LogP contribution in [0.3, 0.4) is 0 Å². The third kappa shape index (κ3) is 5.50. The van der Waals surface area contributed by atoms with E-state index < -0.39 is 42.5 Å². The van der Waals surface area contributed by atoms with Gasteiger partial charge in [0.15, 0.2) is 0 Å². The molecule has 2 atom stereocenters. The van der Waals surface area contributed by atoms with Gasteiger partial charge in [0.25, 0.3) is 5.92 Å². The van der Waals surface area contributed by atoms with Crippen molar-refractivity contribution in [2.75, 3.05) is 0 Å². The standard InChI is InChI=1S/C10H18F2N2O2.ClH/c1-9(2,3)16-8(15)14-7-5-10(11,12)4-6(7)13;/h6-7H,4-5,13H2,1-3H3,(H,14,15);1H/t6-,7-;/m1./s1. The van der Waals surface area contributed by atoms with Gasteiger partial charge in [0.2, 0.25) is 0 Å². The summed E-state index contributed by atoms with van der Waals surface area (Å²) in [5.74, 6) is -2.79. The molecule has 1 rings (SSSR count). The Kier molecular flexibility index (Phi) is 5.16. The average molecular weight is 273 g/mol. The van der Waals surface area contributed by atoms with E-state index in [0.717, 1.165) is 0 Å². The van der Waals surface area contributed by atoms with Crippen LogP contribution in [0.1, 0.15) is 33.6 Å². The summed E-state index contributed by atoms with van der Waals surface area (Å²) in [5, 5.41) is 2.37. The van der Waals surface area contributed by atoms with Gasteiger partial charge in [-0.3, -0.25) is 0 Å². The second kappa shape index (κ2) is 5.35. The summed E-state index contributed by atoms with van der Waals surface area (Å²) >= 11 is 0. The van der Waals surface area contributed by atoms with E-state index in [-0.39, 0.29) is 12.4 Å². The van der Waals surface area contributed by atoms with Gasteiger partial charge < -0.3 is 15.8 Å². The summed E-state index contributed by atoms with van der Waals surface area (Å²) in [7, 11) is 0. The number of carbonyl (C=O) groups excluding carboxylic acids is 1. The third-order valence-corrected chi connectivity index (χ3v) is 2.27. The van der Waals surface area contributed by atoms with Crippen molar-refractivity contribution < 1.29 is 18.3 Å². The Hall–Kier alpha value is -0.620. The summed E-state index contributed by atoms with van der Waals surface area (Å²) < 4.78 is 30.9. The van der Waals surface area contributed by atoms with E-state index in [9.17, 15) is 13.6 Å². The fourth-order valence-electron chi connectivity index (χ4n) is 1.66. The summed E-state index contributed by atoms with van der Waals surface area (Å²) in [5.41, 5.74) is 4.87. The van der Waals surface area contributed by atoms with Crippen molar-refractivity contribution >= 4 is 18.5 Å². The molecule has 0 aromatic heterocycles. The third-order valence-electron chi connectivity index (χ3n) is 2.27. The summed E-state index contributed by atoms with van der Waals surface area (Å²) in [6, 6.07) is -1.44. The zero-order valence-corrected chi connectivity index (χ0v) is 10.9. The molecule has 1 aliphatic rings. The number of carbonyl (C=O) groups is 1. The number of ether oxygens (including phenoxy) is 1. The smallest absolute Gasteiger partial charge is 0.407 e. The maximum Gasteiger partial charge on any atom is 0.407 e. The number of alkyl carbamates (subject to hydrolysis) is 1. The first-order chi connectivity index (χ1) is 7.09. The minimum atomic E-state index is -2.79. The molecular weight excluding hydrogens is 254 g/mol.